The lowest BCUT2D eigenvalue weighted by Crippen LogP contribution is -2.23. The van der Waals surface area contributed by atoms with Crippen LogP contribution >= 0.6 is 15.9 Å². The van der Waals surface area contributed by atoms with E-state index in [2.05, 4.69) is 50.4 Å². The first-order chi connectivity index (χ1) is 10.1. The first kappa shape index (κ1) is 15.5. The third-order valence-corrected chi connectivity index (χ3v) is 3.68. The monoisotopic (exact) mass is 348 g/mol. The van der Waals surface area contributed by atoms with Crippen molar-refractivity contribution in [3.8, 4) is 0 Å². The fourth-order valence-electron chi connectivity index (χ4n) is 2.02. The van der Waals surface area contributed by atoms with Gasteiger partial charge in [0.15, 0.2) is 5.84 Å². The van der Waals surface area contributed by atoms with Gasteiger partial charge in [0.25, 0.3) is 0 Å². The zero-order chi connectivity index (χ0) is 15.2. The summed E-state index contributed by atoms with van der Waals surface area (Å²) in [5.41, 5.74) is 8.19. The van der Waals surface area contributed by atoms with Crippen LogP contribution in [0.3, 0.4) is 0 Å². The van der Waals surface area contributed by atoms with E-state index in [-0.39, 0.29) is 11.9 Å². The lowest BCUT2D eigenvalue weighted by molar-refractivity contribution is 0.318. The van der Waals surface area contributed by atoms with Gasteiger partial charge in [-0.15, -0.1) is 0 Å². The Hall–Kier alpha value is -1.92. The van der Waals surface area contributed by atoms with E-state index in [9.17, 15) is 0 Å². The van der Waals surface area contributed by atoms with Gasteiger partial charge in [-0.1, -0.05) is 39.3 Å². The second-order valence-electron chi connectivity index (χ2n) is 4.65. The number of pyridine rings is 1. The highest BCUT2D eigenvalue weighted by molar-refractivity contribution is 9.10. The normalized spacial score (nSPS) is 13.1. The Labute approximate surface area is 132 Å². The van der Waals surface area contributed by atoms with Crippen LogP contribution in [0.25, 0.3) is 0 Å². The Morgan fingerprint density at radius 2 is 2.24 bits per heavy atom. The van der Waals surface area contributed by atoms with Gasteiger partial charge in [0.05, 0.1) is 0 Å². The molecule has 1 aromatic carbocycles. The minimum atomic E-state index is 0.0162. The molecule has 0 saturated carbocycles. The fourth-order valence-corrected chi connectivity index (χ4v) is 2.43. The number of hydrogen-bond acceptors (Lipinski definition) is 4. The van der Waals surface area contributed by atoms with Crippen molar-refractivity contribution in [2.24, 2.45) is 10.9 Å². The molecular weight excluding hydrogens is 332 g/mol. The first-order valence-electron chi connectivity index (χ1n) is 6.52. The summed E-state index contributed by atoms with van der Waals surface area (Å²) in [6.07, 6.45) is 1.62. The summed E-state index contributed by atoms with van der Waals surface area (Å²) in [6, 6.07) is 12.0. The molecule has 0 aliphatic carbocycles. The van der Waals surface area contributed by atoms with Crippen LogP contribution in [0, 0.1) is 0 Å². The fraction of sp³-hybridized carbons (Fsp3) is 0.200. The van der Waals surface area contributed by atoms with Crippen LogP contribution in [0.4, 0.5) is 0 Å². The highest BCUT2D eigenvalue weighted by Gasteiger charge is 2.10. The van der Waals surface area contributed by atoms with Crippen LogP contribution in [0.1, 0.15) is 29.8 Å². The van der Waals surface area contributed by atoms with E-state index in [1.54, 1.807) is 6.20 Å². The Balaban J connectivity index is 2.10. The lowest BCUT2D eigenvalue weighted by Gasteiger charge is -2.15. The number of benzene rings is 1. The molecule has 0 bridgehead atoms. The number of amidine groups is 1. The second kappa shape index (κ2) is 7.19. The molecule has 4 N–H and O–H groups in total. The number of nitrogens with two attached hydrogens (primary N) is 1. The Kier molecular flexibility index (Phi) is 5.30. The third kappa shape index (κ3) is 4.03. The molecule has 1 atom stereocenters. The topological polar surface area (TPSA) is 83.5 Å². The summed E-state index contributed by atoms with van der Waals surface area (Å²) < 4.78 is 1.05. The molecule has 2 aromatic rings. The molecule has 6 heteroatoms. The van der Waals surface area contributed by atoms with Crippen LogP contribution in [-0.4, -0.2) is 16.0 Å². The quantitative estimate of drug-likeness (QED) is 0.335. The van der Waals surface area contributed by atoms with E-state index in [0.29, 0.717) is 12.2 Å². The lowest BCUT2D eigenvalue weighted by atomic mass is 10.1. The van der Waals surface area contributed by atoms with Crippen molar-refractivity contribution in [3.63, 3.8) is 0 Å². The van der Waals surface area contributed by atoms with Gasteiger partial charge in [-0.05, 0) is 36.2 Å². The Bertz CT molecular complexity index is 645. The summed E-state index contributed by atoms with van der Waals surface area (Å²) in [7, 11) is 0. The van der Waals surface area contributed by atoms with E-state index < -0.39 is 0 Å². The minimum Gasteiger partial charge on any atom is -0.409 e. The van der Waals surface area contributed by atoms with Gasteiger partial charge in [0, 0.05) is 23.3 Å². The van der Waals surface area contributed by atoms with E-state index >= 15 is 0 Å². The van der Waals surface area contributed by atoms with Crippen molar-refractivity contribution >= 4 is 21.8 Å². The zero-order valence-corrected chi connectivity index (χ0v) is 13.2. The van der Waals surface area contributed by atoms with Crippen molar-refractivity contribution in [2.75, 3.05) is 0 Å². The number of aromatic nitrogens is 1. The highest BCUT2D eigenvalue weighted by Crippen LogP contribution is 2.18. The number of halogens is 1. The van der Waals surface area contributed by atoms with E-state index in [1.165, 1.54) is 5.56 Å². The number of rotatable bonds is 5. The molecule has 0 unspecified atom stereocenters. The molecule has 0 spiro atoms. The van der Waals surface area contributed by atoms with Gasteiger partial charge in [-0.2, -0.15) is 0 Å². The molecule has 0 saturated heterocycles. The first-order valence-corrected chi connectivity index (χ1v) is 7.31. The highest BCUT2D eigenvalue weighted by atomic mass is 79.9. The Morgan fingerprint density at radius 1 is 1.43 bits per heavy atom. The maximum atomic E-state index is 8.80. The van der Waals surface area contributed by atoms with Crippen molar-refractivity contribution in [1.82, 2.24) is 10.3 Å². The standard InChI is InChI=1S/C15H17BrN4O/c1-10(11-4-2-6-13(16)8-11)19-9-12-5-3-7-18-14(12)15(17)20-21/h2-8,10,19,21H,9H2,1H3,(H2,17,20)/t10-/m1/s1. The summed E-state index contributed by atoms with van der Waals surface area (Å²) in [5.74, 6) is 0.0162. The molecule has 1 aromatic heterocycles. The zero-order valence-electron chi connectivity index (χ0n) is 11.6. The molecule has 0 fully saturated rings. The van der Waals surface area contributed by atoms with Crippen molar-refractivity contribution < 1.29 is 5.21 Å². The molecular formula is C15H17BrN4O. The van der Waals surface area contributed by atoms with Gasteiger partial charge in [-0.3, -0.25) is 4.98 Å². The predicted molar refractivity (Wildman–Crippen MR) is 86.1 cm³/mol. The third-order valence-electron chi connectivity index (χ3n) is 3.19. The summed E-state index contributed by atoms with van der Waals surface area (Å²) in [4.78, 5) is 4.15. The summed E-state index contributed by atoms with van der Waals surface area (Å²) >= 11 is 3.47. The maximum absolute atomic E-state index is 8.80. The molecule has 1 heterocycles. The molecule has 21 heavy (non-hydrogen) atoms. The van der Waals surface area contributed by atoms with Crippen molar-refractivity contribution in [2.45, 2.75) is 19.5 Å². The number of nitrogens with zero attached hydrogens (tertiary/aromatic N) is 2. The number of oxime groups is 1. The number of nitrogens with one attached hydrogen (secondary N) is 1. The van der Waals surface area contributed by atoms with Crippen LogP contribution in [-0.2, 0) is 6.54 Å². The largest absolute Gasteiger partial charge is 0.409 e. The molecule has 0 amide bonds. The smallest absolute Gasteiger partial charge is 0.189 e. The Morgan fingerprint density at radius 3 is 2.95 bits per heavy atom. The molecule has 0 aliphatic heterocycles. The molecule has 5 nitrogen and oxygen atoms in total. The second-order valence-corrected chi connectivity index (χ2v) is 5.57. The maximum Gasteiger partial charge on any atom is 0.189 e. The van der Waals surface area contributed by atoms with Crippen LogP contribution in [0.5, 0.6) is 0 Å². The molecule has 0 radical (unpaired) electrons. The molecule has 2 rings (SSSR count). The van der Waals surface area contributed by atoms with Crippen LogP contribution in [0.15, 0.2) is 52.2 Å². The SMILES string of the molecule is C[C@@H](NCc1cccnc1/C(N)=N/O)c1cccc(Br)c1. The summed E-state index contributed by atoms with van der Waals surface area (Å²) in [6.45, 7) is 2.66. The van der Waals surface area contributed by atoms with E-state index in [1.807, 2.05) is 24.3 Å². The average molecular weight is 349 g/mol. The van der Waals surface area contributed by atoms with Gasteiger partial charge in [0.2, 0.25) is 0 Å². The summed E-state index contributed by atoms with van der Waals surface area (Å²) in [5, 5.41) is 15.2. The van der Waals surface area contributed by atoms with E-state index in [4.69, 9.17) is 10.9 Å². The van der Waals surface area contributed by atoms with Gasteiger partial charge in [0.1, 0.15) is 5.69 Å². The molecule has 110 valence electrons. The number of hydrogen-bond donors (Lipinski definition) is 3. The van der Waals surface area contributed by atoms with Crippen LogP contribution < -0.4 is 11.1 Å². The molecule has 0 aliphatic rings. The average Bonchev–Trinajstić information content (AvgIpc) is 2.52. The predicted octanol–water partition coefficient (Wildman–Crippen LogP) is 2.79. The minimum absolute atomic E-state index is 0.0162. The van der Waals surface area contributed by atoms with E-state index in [0.717, 1.165) is 10.0 Å². The van der Waals surface area contributed by atoms with Crippen molar-refractivity contribution in [3.05, 3.63) is 63.9 Å². The van der Waals surface area contributed by atoms with Gasteiger partial charge >= 0.3 is 0 Å². The van der Waals surface area contributed by atoms with Crippen molar-refractivity contribution in [1.29, 1.82) is 0 Å². The van der Waals surface area contributed by atoms with Gasteiger partial charge in [-0.25, -0.2) is 0 Å². The van der Waals surface area contributed by atoms with Crippen LogP contribution in [0.2, 0.25) is 0 Å². The van der Waals surface area contributed by atoms with Gasteiger partial charge < -0.3 is 16.3 Å².